The standard InChI is InChI=1S/C16H22N4/c1-3-7-16-19-14-8-5-6-9-15(14)20(16)12-13(11-17)18-10-4-2/h5-6,8-9,13,18H,3-4,7,10,12H2,1-2H3. The molecule has 4 heteroatoms. The molecule has 1 atom stereocenters. The molecule has 20 heavy (non-hydrogen) atoms. The zero-order valence-corrected chi connectivity index (χ0v) is 12.3. The Labute approximate surface area is 120 Å². The molecule has 0 aliphatic heterocycles. The van der Waals surface area contributed by atoms with Gasteiger partial charge in [-0.15, -0.1) is 0 Å². The average molecular weight is 270 g/mol. The van der Waals surface area contributed by atoms with Gasteiger partial charge in [0.25, 0.3) is 0 Å². The van der Waals surface area contributed by atoms with Gasteiger partial charge in [-0.05, 0) is 31.5 Å². The lowest BCUT2D eigenvalue weighted by Crippen LogP contribution is -2.32. The van der Waals surface area contributed by atoms with Gasteiger partial charge in [0.05, 0.1) is 23.6 Å². The molecule has 0 radical (unpaired) electrons. The fraction of sp³-hybridized carbons (Fsp3) is 0.500. The van der Waals surface area contributed by atoms with E-state index in [-0.39, 0.29) is 6.04 Å². The molecular formula is C16H22N4. The molecule has 0 saturated heterocycles. The lowest BCUT2D eigenvalue weighted by atomic mass is 10.2. The van der Waals surface area contributed by atoms with Crippen molar-refractivity contribution in [3.63, 3.8) is 0 Å². The molecule has 1 N–H and O–H groups in total. The molecule has 0 fully saturated rings. The summed E-state index contributed by atoms with van der Waals surface area (Å²) in [6.45, 7) is 5.79. The van der Waals surface area contributed by atoms with Crippen molar-refractivity contribution in [1.82, 2.24) is 14.9 Å². The molecule has 1 aromatic heterocycles. The van der Waals surface area contributed by atoms with Crippen LogP contribution in [-0.4, -0.2) is 22.1 Å². The summed E-state index contributed by atoms with van der Waals surface area (Å²) in [6.07, 6.45) is 3.04. The lowest BCUT2D eigenvalue weighted by Gasteiger charge is -2.14. The highest BCUT2D eigenvalue weighted by atomic mass is 15.1. The first-order chi connectivity index (χ1) is 9.80. The van der Waals surface area contributed by atoms with Crippen molar-refractivity contribution in [2.45, 2.75) is 45.7 Å². The van der Waals surface area contributed by atoms with Crippen molar-refractivity contribution in [2.75, 3.05) is 6.54 Å². The highest BCUT2D eigenvalue weighted by Crippen LogP contribution is 2.17. The first-order valence-electron chi connectivity index (χ1n) is 7.37. The van der Waals surface area contributed by atoms with E-state index < -0.39 is 0 Å². The summed E-state index contributed by atoms with van der Waals surface area (Å²) in [5, 5.41) is 12.6. The largest absolute Gasteiger partial charge is 0.325 e. The molecule has 1 aromatic carbocycles. The smallest absolute Gasteiger partial charge is 0.113 e. The predicted molar refractivity (Wildman–Crippen MR) is 81.4 cm³/mol. The summed E-state index contributed by atoms with van der Waals surface area (Å²) >= 11 is 0. The second-order valence-corrected chi connectivity index (χ2v) is 5.01. The summed E-state index contributed by atoms with van der Waals surface area (Å²) < 4.78 is 2.19. The second-order valence-electron chi connectivity index (χ2n) is 5.01. The van der Waals surface area contributed by atoms with Crippen LogP contribution in [0.2, 0.25) is 0 Å². The second kappa shape index (κ2) is 7.06. The molecule has 1 unspecified atom stereocenters. The van der Waals surface area contributed by atoms with Gasteiger partial charge < -0.3 is 9.88 Å². The monoisotopic (exact) mass is 270 g/mol. The van der Waals surface area contributed by atoms with Crippen molar-refractivity contribution in [3.8, 4) is 6.07 Å². The molecule has 0 aliphatic carbocycles. The Morgan fingerprint density at radius 3 is 2.80 bits per heavy atom. The molecular weight excluding hydrogens is 248 g/mol. The molecule has 1 heterocycles. The third-order valence-corrected chi connectivity index (χ3v) is 3.37. The number of benzene rings is 1. The van der Waals surface area contributed by atoms with Gasteiger partial charge in [0.2, 0.25) is 0 Å². The normalized spacial score (nSPS) is 12.4. The van der Waals surface area contributed by atoms with Crippen LogP contribution in [0.4, 0.5) is 0 Å². The molecule has 106 valence electrons. The summed E-state index contributed by atoms with van der Waals surface area (Å²) in [7, 11) is 0. The maximum atomic E-state index is 9.30. The SMILES string of the molecule is CCCNC(C#N)Cn1c(CCC)nc2ccccc21. The van der Waals surface area contributed by atoms with Crippen molar-refractivity contribution in [2.24, 2.45) is 0 Å². The zero-order valence-electron chi connectivity index (χ0n) is 12.3. The first-order valence-corrected chi connectivity index (χ1v) is 7.37. The fourth-order valence-corrected chi connectivity index (χ4v) is 2.40. The van der Waals surface area contributed by atoms with Crippen LogP contribution in [0.15, 0.2) is 24.3 Å². The summed E-state index contributed by atoms with van der Waals surface area (Å²) in [4.78, 5) is 4.70. The molecule has 0 spiro atoms. The average Bonchev–Trinajstić information content (AvgIpc) is 2.81. The highest BCUT2D eigenvalue weighted by Gasteiger charge is 2.14. The number of aryl methyl sites for hydroxylation is 1. The van der Waals surface area contributed by atoms with Gasteiger partial charge in [0.15, 0.2) is 0 Å². The van der Waals surface area contributed by atoms with Crippen molar-refractivity contribution in [3.05, 3.63) is 30.1 Å². The van der Waals surface area contributed by atoms with Gasteiger partial charge in [-0.1, -0.05) is 26.0 Å². The van der Waals surface area contributed by atoms with Crippen LogP contribution >= 0.6 is 0 Å². The van der Waals surface area contributed by atoms with E-state index in [0.29, 0.717) is 6.54 Å². The number of nitrogens with zero attached hydrogens (tertiary/aromatic N) is 3. The molecule has 2 rings (SSSR count). The summed E-state index contributed by atoms with van der Waals surface area (Å²) in [5.74, 6) is 1.08. The van der Waals surface area contributed by atoms with E-state index in [1.165, 1.54) is 0 Å². The van der Waals surface area contributed by atoms with E-state index in [9.17, 15) is 5.26 Å². The Hall–Kier alpha value is -1.86. The highest BCUT2D eigenvalue weighted by molar-refractivity contribution is 5.75. The van der Waals surface area contributed by atoms with Crippen LogP contribution in [-0.2, 0) is 13.0 Å². The Balaban J connectivity index is 2.30. The number of para-hydroxylation sites is 2. The number of nitriles is 1. The van der Waals surface area contributed by atoms with E-state index >= 15 is 0 Å². The van der Waals surface area contributed by atoms with Crippen LogP contribution < -0.4 is 5.32 Å². The number of nitrogens with one attached hydrogen (secondary N) is 1. The number of hydrogen-bond acceptors (Lipinski definition) is 3. The van der Waals surface area contributed by atoms with E-state index in [2.05, 4.69) is 35.9 Å². The maximum absolute atomic E-state index is 9.30. The van der Waals surface area contributed by atoms with E-state index in [0.717, 1.165) is 42.7 Å². The third kappa shape index (κ3) is 3.17. The van der Waals surface area contributed by atoms with Crippen LogP contribution in [0.5, 0.6) is 0 Å². The van der Waals surface area contributed by atoms with Crippen LogP contribution in [0.1, 0.15) is 32.5 Å². The molecule has 0 amide bonds. The first kappa shape index (κ1) is 14.5. The quantitative estimate of drug-likeness (QED) is 0.841. The van der Waals surface area contributed by atoms with Gasteiger partial charge >= 0.3 is 0 Å². The Morgan fingerprint density at radius 1 is 1.30 bits per heavy atom. The van der Waals surface area contributed by atoms with Crippen molar-refractivity contribution in [1.29, 1.82) is 5.26 Å². The Kier molecular flexibility index (Phi) is 5.14. The minimum absolute atomic E-state index is 0.164. The topological polar surface area (TPSA) is 53.6 Å². The number of aromatic nitrogens is 2. The number of hydrogen-bond donors (Lipinski definition) is 1. The van der Waals surface area contributed by atoms with Gasteiger partial charge in [0, 0.05) is 6.42 Å². The molecule has 4 nitrogen and oxygen atoms in total. The summed E-state index contributed by atoms with van der Waals surface area (Å²) in [6, 6.07) is 10.3. The van der Waals surface area contributed by atoms with E-state index in [4.69, 9.17) is 4.98 Å². The Morgan fingerprint density at radius 2 is 2.10 bits per heavy atom. The van der Waals surface area contributed by atoms with E-state index in [1.54, 1.807) is 0 Å². The minimum atomic E-state index is -0.164. The van der Waals surface area contributed by atoms with E-state index in [1.807, 2.05) is 18.2 Å². The van der Waals surface area contributed by atoms with Crippen LogP contribution in [0, 0.1) is 11.3 Å². The fourth-order valence-electron chi connectivity index (χ4n) is 2.40. The predicted octanol–water partition coefficient (Wildman–Crippen LogP) is 2.88. The maximum Gasteiger partial charge on any atom is 0.113 e. The van der Waals surface area contributed by atoms with Crippen molar-refractivity contribution >= 4 is 11.0 Å². The molecule has 0 saturated carbocycles. The Bertz CT molecular complexity index is 594. The van der Waals surface area contributed by atoms with Crippen molar-refractivity contribution < 1.29 is 0 Å². The molecule has 0 bridgehead atoms. The number of imidazole rings is 1. The lowest BCUT2D eigenvalue weighted by molar-refractivity contribution is 0.515. The molecule has 0 aliphatic rings. The van der Waals surface area contributed by atoms with Gasteiger partial charge in [0.1, 0.15) is 11.9 Å². The minimum Gasteiger partial charge on any atom is -0.325 e. The summed E-state index contributed by atoms with van der Waals surface area (Å²) in [5.41, 5.74) is 2.14. The van der Waals surface area contributed by atoms with Gasteiger partial charge in [-0.3, -0.25) is 0 Å². The third-order valence-electron chi connectivity index (χ3n) is 3.37. The van der Waals surface area contributed by atoms with Gasteiger partial charge in [-0.2, -0.15) is 5.26 Å². The van der Waals surface area contributed by atoms with Crippen LogP contribution in [0.3, 0.4) is 0 Å². The number of fused-ring (bicyclic) bond motifs is 1. The number of rotatable bonds is 7. The van der Waals surface area contributed by atoms with Crippen LogP contribution in [0.25, 0.3) is 11.0 Å². The van der Waals surface area contributed by atoms with Gasteiger partial charge in [-0.25, -0.2) is 4.98 Å². The molecule has 2 aromatic rings. The zero-order chi connectivity index (χ0) is 14.4.